The first-order valence-electron chi connectivity index (χ1n) is 5.09. The maximum absolute atomic E-state index is 11.4. The first kappa shape index (κ1) is 11.7. The summed E-state index contributed by atoms with van der Waals surface area (Å²) in [5.74, 6) is -0.257. The van der Waals surface area contributed by atoms with Gasteiger partial charge in [-0.25, -0.2) is 0 Å². The van der Waals surface area contributed by atoms with Crippen molar-refractivity contribution >= 4 is 5.97 Å². The van der Waals surface area contributed by atoms with Crippen LogP contribution < -0.4 is 5.32 Å². The van der Waals surface area contributed by atoms with E-state index in [2.05, 4.69) is 5.32 Å². The highest BCUT2D eigenvalue weighted by molar-refractivity contribution is 5.72. The zero-order valence-corrected chi connectivity index (χ0v) is 9.19. The van der Waals surface area contributed by atoms with Gasteiger partial charge in [0.1, 0.15) is 6.61 Å². The summed E-state index contributed by atoms with van der Waals surface area (Å²) in [4.78, 5) is 11.4. The molecule has 82 valence electrons. The van der Waals surface area contributed by atoms with Gasteiger partial charge < -0.3 is 10.1 Å². The maximum atomic E-state index is 11.4. The maximum Gasteiger partial charge on any atom is 0.310 e. The normalized spacial score (nSPS) is 12.1. The van der Waals surface area contributed by atoms with E-state index in [0.29, 0.717) is 13.2 Å². The fraction of sp³-hybridized carbons (Fsp3) is 0.417. The van der Waals surface area contributed by atoms with Gasteiger partial charge >= 0.3 is 5.97 Å². The molecule has 1 aromatic carbocycles. The van der Waals surface area contributed by atoms with E-state index in [1.54, 1.807) is 0 Å². The Bertz CT molecular complexity index is 298. The van der Waals surface area contributed by atoms with E-state index in [4.69, 9.17) is 4.74 Å². The smallest absolute Gasteiger partial charge is 0.310 e. The van der Waals surface area contributed by atoms with Gasteiger partial charge in [0.15, 0.2) is 0 Å². The summed E-state index contributed by atoms with van der Waals surface area (Å²) in [6, 6.07) is 9.68. The van der Waals surface area contributed by atoms with Gasteiger partial charge in [-0.15, -0.1) is 0 Å². The summed E-state index contributed by atoms with van der Waals surface area (Å²) in [7, 11) is 1.82. The van der Waals surface area contributed by atoms with Gasteiger partial charge in [0.25, 0.3) is 0 Å². The second-order valence-electron chi connectivity index (χ2n) is 3.55. The summed E-state index contributed by atoms with van der Waals surface area (Å²) in [5.41, 5.74) is 1.02. The molecule has 1 atom stereocenters. The predicted molar refractivity (Wildman–Crippen MR) is 59.3 cm³/mol. The van der Waals surface area contributed by atoms with Crippen molar-refractivity contribution in [1.29, 1.82) is 0 Å². The minimum Gasteiger partial charge on any atom is -0.461 e. The Kier molecular flexibility index (Phi) is 4.84. The van der Waals surface area contributed by atoms with E-state index in [1.807, 2.05) is 44.3 Å². The van der Waals surface area contributed by atoms with E-state index in [9.17, 15) is 4.79 Å². The minimum absolute atomic E-state index is 0.0984. The van der Waals surface area contributed by atoms with Gasteiger partial charge in [0.05, 0.1) is 5.92 Å². The van der Waals surface area contributed by atoms with Crippen LogP contribution in [0, 0.1) is 5.92 Å². The molecule has 0 saturated heterocycles. The second-order valence-corrected chi connectivity index (χ2v) is 3.55. The van der Waals surface area contributed by atoms with Crippen molar-refractivity contribution in [1.82, 2.24) is 5.32 Å². The Hall–Kier alpha value is -1.35. The van der Waals surface area contributed by atoms with Crippen LogP contribution in [0.4, 0.5) is 0 Å². The number of nitrogens with one attached hydrogen (secondary N) is 1. The van der Waals surface area contributed by atoms with Crippen LogP contribution in [0.3, 0.4) is 0 Å². The molecular formula is C12H17NO2. The number of carbonyl (C=O) groups excluding carboxylic acids is 1. The number of esters is 1. The number of rotatable bonds is 5. The Labute approximate surface area is 90.4 Å². The lowest BCUT2D eigenvalue weighted by Gasteiger charge is -2.10. The molecule has 15 heavy (non-hydrogen) atoms. The highest BCUT2D eigenvalue weighted by Crippen LogP contribution is 2.03. The second kappa shape index (κ2) is 6.19. The third-order valence-electron chi connectivity index (χ3n) is 2.14. The van der Waals surface area contributed by atoms with E-state index < -0.39 is 0 Å². The Morgan fingerprint density at radius 2 is 2.07 bits per heavy atom. The highest BCUT2D eigenvalue weighted by Gasteiger charge is 2.12. The van der Waals surface area contributed by atoms with Crippen molar-refractivity contribution in [2.75, 3.05) is 13.6 Å². The number of hydrogen-bond acceptors (Lipinski definition) is 3. The zero-order chi connectivity index (χ0) is 11.1. The molecule has 1 aromatic rings. The molecule has 0 fully saturated rings. The van der Waals surface area contributed by atoms with Crippen LogP contribution in [0.1, 0.15) is 12.5 Å². The molecule has 0 unspecified atom stereocenters. The van der Waals surface area contributed by atoms with Gasteiger partial charge in [-0.3, -0.25) is 4.79 Å². The van der Waals surface area contributed by atoms with E-state index >= 15 is 0 Å². The molecule has 3 nitrogen and oxygen atoms in total. The third-order valence-corrected chi connectivity index (χ3v) is 2.14. The molecule has 0 aromatic heterocycles. The van der Waals surface area contributed by atoms with Crippen LogP contribution in [0.15, 0.2) is 30.3 Å². The van der Waals surface area contributed by atoms with Crippen molar-refractivity contribution < 1.29 is 9.53 Å². The first-order chi connectivity index (χ1) is 7.24. The van der Waals surface area contributed by atoms with Gasteiger partial charge in [0, 0.05) is 6.54 Å². The van der Waals surface area contributed by atoms with Crippen LogP contribution in [0.25, 0.3) is 0 Å². The Morgan fingerprint density at radius 3 is 2.67 bits per heavy atom. The van der Waals surface area contributed by atoms with Crippen LogP contribution in [0.2, 0.25) is 0 Å². The lowest BCUT2D eigenvalue weighted by Crippen LogP contribution is -2.25. The average Bonchev–Trinajstić information content (AvgIpc) is 2.27. The Morgan fingerprint density at radius 1 is 1.40 bits per heavy atom. The Balaban J connectivity index is 2.34. The molecule has 1 N–H and O–H groups in total. The fourth-order valence-corrected chi connectivity index (χ4v) is 1.26. The van der Waals surface area contributed by atoms with E-state index in [-0.39, 0.29) is 11.9 Å². The topological polar surface area (TPSA) is 38.3 Å². The number of ether oxygens (including phenoxy) is 1. The lowest BCUT2D eigenvalue weighted by molar-refractivity contribution is -0.149. The van der Waals surface area contributed by atoms with Gasteiger partial charge in [0.2, 0.25) is 0 Å². The zero-order valence-electron chi connectivity index (χ0n) is 9.19. The minimum atomic E-state index is -0.159. The van der Waals surface area contributed by atoms with Crippen molar-refractivity contribution in [2.24, 2.45) is 5.92 Å². The van der Waals surface area contributed by atoms with Gasteiger partial charge in [-0.1, -0.05) is 37.3 Å². The summed E-state index contributed by atoms with van der Waals surface area (Å²) >= 11 is 0. The largest absolute Gasteiger partial charge is 0.461 e. The molecule has 3 heteroatoms. The van der Waals surface area contributed by atoms with Crippen molar-refractivity contribution in [2.45, 2.75) is 13.5 Å². The van der Waals surface area contributed by atoms with Crippen molar-refractivity contribution in [3.8, 4) is 0 Å². The third kappa shape index (κ3) is 4.13. The molecule has 0 aliphatic heterocycles. The van der Waals surface area contributed by atoms with Crippen molar-refractivity contribution in [3.63, 3.8) is 0 Å². The molecule has 0 aliphatic carbocycles. The van der Waals surface area contributed by atoms with E-state index in [0.717, 1.165) is 5.56 Å². The molecule has 0 radical (unpaired) electrons. The van der Waals surface area contributed by atoms with E-state index in [1.165, 1.54) is 0 Å². The van der Waals surface area contributed by atoms with Crippen molar-refractivity contribution in [3.05, 3.63) is 35.9 Å². The quantitative estimate of drug-likeness (QED) is 0.745. The lowest BCUT2D eigenvalue weighted by atomic mass is 10.2. The molecule has 0 aliphatic rings. The van der Waals surface area contributed by atoms with Crippen LogP contribution in [-0.2, 0) is 16.1 Å². The van der Waals surface area contributed by atoms with Gasteiger partial charge in [-0.2, -0.15) is 0 Å². The summed E-state index contributed by atoms with van der Waals surface area (Å²) in [6.45, 7) is 2.85. The number of carbonyl (C=O) groups is 1. The molecule has 0 heterocycles. The molecule has 0 saturated carbocycles. The van der Waals surface area contributed by atoms with Crippen LogP contribution in [0.5, 0.6) is 0 Å². The molecular weight excluding hydrogens is 190 g/mol. The van der Waals surface area contributed by atoms with Crippen LogP contribution >= 0.6 is 0 Å². The summed E-state index contributed by atoms with van der Waals surface area (Å²) in [6.07, 6.45) is 0. The molecule has 1 rings (SSSR count). The first-order valence-corrected chi connectivity index (χ1v) is 5.09. The number of hydrogen-bond donors (Lipinski definition) is 1. The van der Waals surface area contributed by atoms with Crippen LogP contribution in [-0.4, -0.2) is 19.6 Å². The fourth-order valence-electron chi connectivity index (χ4n) is 1.26. The number of benzene rings is 1. The predicted octanol–water partition coefficient (Wildman–Crippen LogP) is 1.59. The SMILES string of the molecule is CNC[C@@H](C)C(=O)OCc1ccccc1. The standard InChI is InChI=1S/C12H17NO2/c1-10(8-13-2)12(14)15-9-11-6-4-3-5-7-11/h3-7,10,13H,8-9H2,1-2H3/t10-/m1/s1. The molecule has 0 amide bonds. The molecule has 0 bridgehead atoms. The monoisotopic (exact) mass is 207 g/mol. The highest BCUT2D eigenvalue weighted by atomic mass is 16.5. The van der Waals surface area contributed by atoms with Gasteiger partial charge in [-0.05, 0) is 12.6 Å². The summed E-state index contributed by atoms with van der Waals surface area (Å²) < 4.78 is 5.16. The molecule has 0 spiro atoms. The average molecular weight is 207 g/mol. The summed E-state index contributed by atoms with van der Waals surface area (Å²) in [5, 5.41) is 2.95.